The van der Waals surface area contributed by atoms with Crippen LogP contribution in [0.1, 0.15) is 342 Å². The summed E-state index contributed by atoms with van der Waals surface area (Å²) in [6, 6.07) is 0.884. The molecular formula is C57H118ClN. The molecule has 59 heavy (non-hydrogen) atoms. The van der Waals surface area contributed by atoms with Gasteiger partial charge in [-0.25, -0.2) is 0 Å². The molecule has 1 nitrogen and oxygen atoms in total. The van der Waals surface area contributed by atoms with Crippen LogP contribution in [0, 0.1) is 0 Å². The molecule has 0 rings (SSSR count). The zero-order valence-electron chi connectivity index (χ0n) is 42.5. The van der Waals surface area contributed by atoms with Gasteiger partial charge >= 0.3 is 0 Å². The summed E-state index contributed by atoms with van der Waals surface area (Å²) in [4.78, 5) is 0. The Morgan fingerprint density at radius 1 is 0.220 bits per heavy atom. The number of halogens is 1. The van der Waals surface area contributed by atoms with Gasteiger partial charge in [0.2, 0.25) is 0 Å². The van der Waals surface area contributed by atoms with E-state index in [0.717, 1.165) is 6.04 Å². The highest BCUT2D eigenvalue weighted by Crippen LogP contribution is 2.24. The van der Waals surface area contributed by atoms with Gasteiger partial charge in [-0.3, -0.25) is 0 Å². The van der Waals surface area contributed by atoms with Crippen LogP contribution < -0.4 is 12.4 Å². The van der Waals surface area contributed by atoms with Crippen molar-refractivity contribution in [3.05, 3.63) is 0 Å². The Kier molecular flexibility index (Phi) is 54.7. The molecule has 0 aliphatic heterocycles. The standard InChI is InChI=1S/C57H118N.ClH/c1-6-9-12-15-18-21-24-27-30-33-36-39-42-45-48-51-54-57(55-52-49-46-43-40-37-34-31-28-25-22-19-16-13-10-7-2)58(4,5)56-53-50-47-44-41-38-35-32-29-26-23-20-17-14-11-8-3;/h57H,6-56H2,1-5H3;1H/q+1;/p-1. The van der Waals surface area contributed by atoms with Crippen molar-refractivity contribution >= 4 is 0 Å². The third-order valence-corrected chi connectivity index (χ3v) is 14.4. The first-order valence-electron chi connectivity index (χ1n) is 28.4. The van der Waals surface area contributed by atoms with E-state index in [9.17, 15) is 0 Å². The van der Waals surface area contributed by atoms with Crippen LogP contribution in [-0.4, -0.2) is 31.2 Å². The fraction of sp³-hybridized carbons (Fsp3) is 1.00. The van der Waals surface area contributed by atoms with Crippen LogP contribution >= 0.6 is 0 Å². The third-order valence-electron chi connectivity index (χ3n) is 14.4. The van der Waals surface area contributed by atoms with E-state index in [1.165, 1.54) is 332 Å². The Morgan fingerprint density at radius 3 is 0.559 bits per heavy atom. The molecule has 0 heterocycles. The highest BCUT2D eigenvalue weighted by atomic mass is 35.5. The van der Waals surface area contributed by atoms with E-state index >= 15 is 0 Å². The summed E-state index contributed by atoms with van der Waals surface area (Å²) < 4.78 is 1.29. The minimum Gasteiger partial charge on any atom is -1.00 e. The first kappa shape index (κ1) is 61.3. The molecule has 0 N–H and O–H groups in total. The molecular weight excluding hydrogens is 734 g/mol. The van der Waals surface area contributed by atoms with Crippen LogP contribution in [-0.2, 0) is 0 Å². The summed E-state index contributed by atoms with van der Waals surface area (Å²) in [6.45, 7) is 8.37. The number of hydrogen-bond donors (Lipinski definition) is 0. The van der Waals surface area contributed by atoms with Crippen LogP contribution in [0.3, 0.4) is 0 Å². The second-order valence-corrected chi connectivity index (χ2v) is 20.6. The maximum Gasteiger partial charge on any atom is 0.0886 e. The molecule has 0 aliphatic rings. The first-order valence-corrected chi connectivity index (χ1v) is 28.4. The predicted molar refractivity (Wildman–Crippen MR) is 269 cm³/mol. The summed E-state index contributed by atoms with van der Waals surface area (Å²) >= 11 is 0. The Labute approximate surface area is 383 Å². The lowest BCUT2D eigenvalue weighted by molar-refractivity contribution is -0.916. The van der Waals surface area contributed by atoms with Crippen LogP contribution in [0.25, 0.3) is 0 Å². The molecule has 0 radical (unpaired) electrons. The summed E-state index contributed by atoms with van der Waals surface area (Å²) in [5.74, 6) is 0. The van der Waals surface area contributed by atoms with Crippen molar-refractivity contribution < 1.29 is 16.9 Å². The highest BCUT2D eigenvalue weighted by Gasteiger charge is 2.26. The van der Waals surface area contributed by atoms with E-state index < -0.39 is 0 Å². The second kappa shape index (κ2) is 52.6. The Hall–Kier alpha value is 0.250. The molecule has 0 saturated carbocycles. The number of unbranched alkanes of at least 4 members (excludes halogenated alkanes) is 45. The Bertz CT molecular complexity index is 683. The third kappa shape index (κ3) is 49.1. The zero-order valence-corrected chi connectivity index (χ0v) is 43.2. The Morgan fingerprint density at radius 2 is 0.373 bits per heavy atom. The largest absolute Gasteiger partial charge is 1.00 e. The van der Waals surface area contributed by atoms with Gasteiger partial charge in [-0.05, 0) is 38.5 Å². The minimum atomic E-state index is 0. The van der Waals surface area contributed by atoms with Crippen molar-refractivity contribution in [1.82, 2.24) is 0 Å². The predicted octanol–water partition coefficient (Wildman–Crippen LogP) is 18.0. The summed E-state index contributed by atoms with van der Waals surface area (Å²) in [5.41, 5.74) is 0. The lowest BCUT2D eigenvalue weighted by atomic mass is 9.96. The molecule has 0 aromatic rings. The van der Waals surface area contributed by atoms with Crippen molar-refractivity contribution in [1.29, 1.82) is 0 Å². The number of quaternary nitrogens is 1. The van der Waals surface area contributed by atoms with Crippen LogP contribution in [0.15, 0.2) is 0 Å². The molecule has 0 saturated heterocycles. The highest BCUT2D eigenvalue weighted by molar-refractivity contribution is 4.63. The van der Waals surface area contributed by atoms with Gasteiger partial charge in [-0.15, -0.1) is 0 Å². The topological polar surface area (TPSA) is 0 Å². The van der Waals surface area contributed by atoms with Crippen molar-refractivity contribution in [2.45, 2.75) is 348 Å². The number of rotatable bonds is 52. The van der Waals surface area contributed by atoms with Crippen LogP contribution in [0.5, 0.6) is 0 Å². The number of nitrogens with zero attached hydrogens (tertiary/aromatic N) is 1. The lowest BCUT2D eigenvalue weighted by Gasteiger charge is -2.39. The van der Waals surface area contributed by atoms with E-state index in [1.54, 1.807) is 0 Å². The quantitative estimate of drug-likeness (QED) is 0.0422. The second-order valence-electron chi connectivity index (χ2n) is 20.6. The molecule has 0 unspecified atom stereocenters. The van der Waals surface area contributed by atoms with Crippen molar-refractivity contribution in [2.75, 3.05) is 20.6 Å². The van der Waals surface area contributed by atoms with E-state index in [4.69, 9.17) is 0 Å². The molecule has 358 valence electrons. The van der Waals surface area contributed by atoms with Gasteiger partial charge in [0.25, 0.3) is 0 Å². The molecule has 0 fully saturated rings. The average Bonchev–Trinajstić information content (AvgIpc) is 3.22. The van der Waals surface area contributed by atoms with Crippen molar-refractivity contribution in [3.8, 4) is 0 Å². The van der Waals surface area contributed by atoms with Gasteiger partial charge < -0.3 is 16.9 Å². The SMILES string of the molecule is CCCCCCCCCCCCCCCCCCC(CCCCCCCCCCCCCCCCCC)[N+](C)(C)CCCCCCCCCCCCCCCCCC.[Cl-]. The summed E-state index contributed by atoms with van der Waals surface area (Å²) in [6.07, 6.45) is 73.6. The average molecular weight is 853 g/mol. The van der Waals surface area contributed by atoms with Gasteiger partial charge in [-0.2, -0.15) is 0 Å². The lowest BCUT2D eigenvalue weighted by Crippen LogP contribution is -3.00. The fourth-order valence-corrected chi connectivity index (χ4v) is 9.95. The zero-order chi connectivity index (χ0) is 42.1. The van der Waals surface area contributed by atoms with E-state index in [0.29, 0.717) is 0 Å². The molecule has 0 bridgehead atoms. The van der Waals surface area contributed by atoms with Crippen molar-refractivity contribution in [2.24, 2.45) is 0 Å². The molecule has 0 spiro atoms. The van der Waals surface area contributed by atoms with Crippen molar-refractivity contribution in [3.63, 3.8) is 0 Å². The smallest absolute Gasteiger partial charge is 0.0886 e. The van der Waals surface area contributed by atoms with E-state index in [1.807, 2.05) is 0 Å². The molecule has 0 atom stereocenters. The Balaban J connectivity index is 0. The minimum absolute atomic E-state index is 0. The van der Waals surface area contributed by atoms with Gasteiger partial charge in [0.05, 0.1) is 26.7 Å². The maximum atomic E-state index is 2.61. The molecule has 0 aliphatic carbocycles. The monoisotopic (exact) mass is 852 g/mol. The van der Waals surface area contributed by atoms with Gasteiger partial charge in [0.1, 0.15) is 0 Å². The molecule has 2 heteroatoms. The van der Waals surface area contributed by atoms with Crippen LogP contribution in [0.2, 0.25) is 0 Å². The molecule has 0 aromatic heterocycles. The van der Waals surface area contributed by atoms with Gasteiger partial charge in [-0.1, -0.05) is 303 Å². The molecule has 0 aromatic carbocycles. The first-order chi connectivity index (χ1) is 28.6. The van der Waals surface area contributed by atoms with E-state index in [2.05, 4.69) is 34.9 Å². The molecule has 0 amide bonds. The van der Waals surface area contributed by atoms with Crippen LogP contribution in [0.4, 0.5) is 0 Å². The maximum absolute atomic E-state index is 2.61. The number of hydrogen-bond acceptors (Lipinski definition) is 0. The van der Waals surface area contributed by atoms with Gasteiger partial charge in [0, 0.05) is 0 Å². The van der Waals surface area contributed by atoms with Gasteiger partial charge in [0.15, 0.2) is 0 Å². The fourth-order valence-electron chi connectivity index (χ4n) is 9.95. The summed E-state index contributed by atoms with van der Waals surface area (Å²) in [7, 11) is 5.21. The summed E-state index contributed by atoms with van der Waals surface area (Å²) in [5, 5.41) is 0. The normalized spacial score (nSPS) is 11.9. The van der Waals surface area contributed by atoms with E-state index in [-0.39, 0.29) is 12.4 Å².